The number of carbonyl (C=O) groups is 2. The number of nitrogens with one attached hydrogen (secondary N) is 2. The number of amides is 2. The quantitative estimate of drug-likeness (QED) is 0.661. The molecule has 0 aliphatic carbocycles. The molecule has 6 heteroatoms. The highest BCUT2D eigenvalue weighted by atomic mass is 32.2. The molecule has 0 fully saturated rings. The van der Waals surface area contributed by atoms with Gasteiger partial charge < -0.3 is 10.6 Å². The average molecular weight is 365 g/mol. The highest BCUT2D eigenvalue weighted by Gasteiger charge is 2.15. The summed E-state index contributed by atoms with van der Waals surface area (Å²) in [7, 11) is 0. The van der Waals surface area contributed by atoms with E-state index in [4.69, 9.17) is 0 Å². The molecule has 2 aromatic carbocycles. The number of hydrogen-bond donors (Lipinski definition) is 2. The lowest BCUT2D eigenvalue weighted by atomic mass is 10.2. The molecule has 0 saturated heterocycles. The third-order valence-electron chi connectivity index (χ3n) is 3.71. The van der Waals surface area contributed by atoms with Crippen molar-refractivity contribution >= 4 is 45.9 Å². The second kappa shape index (κ2) is 8.01. The fourth-order valence-corrected chi connectivity index (χ4v) is 3.26. The summed E-state index contributed by atoms with van der Waals surface area (Å²) in [4.78, 5) is 28.0. The predicted molar refractivity (Wildman–Crippen MR) is 106 cm³/mol. The summed E-state index contributed by atoms with van der Waals surface area (Å²) in [6.45, 7) is 3.30. The van der Waals surface area contributed by atoms with Crippen molar-refractivity contribution in [3.8, 4) is 0 Å². The molecule has 0 radical (unpaired) electrons. The first-order chi connectivity index (χ1) is 12.5. The van der Waals surface area contributed by atoms with Crippen molar-refractivity contribution in [2.45, 2.75) is 24.1 Å². The smallest absolute Gasteiger partial charge is 0.237 e. The Kier molecular flexibility index (Phi) is 5.53. The summed E-state index contributed by atoms with van der Waals surface area (Å²) >= 11 is 1.42. The molecule has 0 aliphatic heterocycles. The Morgan fingerprint density at radius 1 is 0.923 bits per heavy atom. The first-order valence-electron chi connectivity index (χ1n) is 8.22. The summed E-state index contributed by atoms with van der Waals surface area (Å²) in [5.74, 6) is -0.230. The lowest BCUT2D eigenvalue weighted by Gasteiger charge is -2.12. The van der Waals surface area contributed by atoms with E-state index in [0.29, 0.717) is 11.4 Å². The molecule has 1 atom stereocenters. The van der Waals surface area contributed by atoms with Gasteiger partial charge in [0.2, 0.25) is 11.8 Å². The van der Waals surface area contributed by atoms with Crippen LogP contribution in [0, 0.1) is 0 Å². The summed E-state index contributed by atoms with van der Waals surface area (Å²) in [6.07, 6.45) is 0. The third kappa shape index (κ3) is 4.61. The molecule has 132 valence electrons. The highest BCUT2D eigenvalue weighted by molar-refractivity contribution is 8.00. The number of thioether (sulfide) groups is 1. The number of nitrogens with zero attached hydrogens (tertiary/aromatic N) is 1. The second-order valence-electron chi connectivity index (χ2n) is 5.85. The largest absolute Gasteiger partial charge is 0.326 e. The number of para-hydroxylation sites is 1. The van der Waals surface area contributed by atoms with E-state index in [1.54, 1.807) is 24.3 Å². The number of carbonyl (C=O) groups excluding carboxylic acids is 2. The molecule has 26 heavy (non-hydrogen) atoms. The van der Waals surface area contributed by atoms with Crippen LogP contribution in [-0.2, 0) is 9.59 Å². The van der Waals surface area contributed by atoms with Crippen molar-refractivity contribution < 1.29 is 9.59 Å². The predicted octanol–water partition coefficient (Wildman–Crippen LogP) is 4.31. The van der Waals surface area contributed by atoms with Crippen LogP contribution in [0.3, 0.4) is 0 Å². The third-order valence-corrected chi connectivity index (χ3v) is 4.75. The van der Waals surface area contributed by atoms with Gasteiger partial charge in [-0.15, -0.1) is 0 Å². The molecular formula is C20H19N3O2S. The topological polar surface area (TPSA) is 71.1 Å². The van der Waals surface area contributed by atoms with Gasteiger partial charge in [-0.25, -0.2) is 4.98 Å². The zero-order chi connectivity index (χ0) is 18.5. The molecule has 1 heterocycles. The summed E-state index contributed by atoms with van der Waals surface area (Å²) in [5.41, 5.74) is 2.29. The minimum atomic E-state index is -0.293. The number of benzene rings is 2. The molecule has 0 saturated carbocycles. The van der Waals surface area contributed by atoms with E-state index >= 15 is 0 Å². The Morgan fingerprint density at radius 3 is 2.27 bits per heavy atom. The van der Waals surface area contributed by atoms with Crippen molar-refractivity contribution in [2.24, 2.45) is 0 Å². The van der Waals surface area contributed by atoms with Crippen molar-refractivity contribution in [2.75, 3.05) is 10.6 Å². The second-order valence-corrected chi connectivity index (χ2v) is 7.21. The van der Waals surface area contributed by atoms with E-state index in [1.165, 1.54) is 18.7 Å². The molecule has 0 aliphatic rings. The minimum Gasteiger partial charge on any atom is -0.326 e. The lowest BCUT2D eigenvalue weighted by Crippen LogP contribution is -2.22. The van der Waals surface area contributed by atoms with Gasteiger partial charge in [0.1, 0.15) is 0 Å². The Bertz CT molecular complexity index is 941. The number of fused-ring (bicyclic) bond motifs is 1. The summed E-state index contributed by atoms with van der Waals surface area (Å²) in [5, 5.41) is 7.17. The summed E-state index contributed by atoms with van der Waals surface area (Å²) in [6, 6.07) is 18.9. The van der Waals surface area contributed by atoms with Crippen LogP contribution in [0.15, 0.2) is 65.7 Å². The first-order valence-corrected chi connectivity index (χ1v) is 9.10. The van der Waals surface area contributed by atoms with Crippen molar-refractivity contribution in [3.63, 3.8) is 0 Å². The Balaban J connectivity index is 1.62. The van der Waals surface area contributed by atoms with Gasteiger partial charge in [-0.3, -0.25) is 9.59 Å². The number of anilines is 2. The molecule has 5 nitrogen and oxygen atoms in total. The fourth-order valence-electron chi connectivity index (χ4n) is 2.43. The van der Waals surface area contributed by atoms with Gasteiger partial charge in [-0.1, -0.05) is 36.0 Å². The van der Waals surface area contributed by atoms with Crippen LogP contribution in [0.1, 0.15) is 13.8 Å². The van der Waals surface area contributed by atoms with Gasteiger partial charge in [0.25, 0.3) is 0 Å². The van der Waals surface area contributed by atoms with Crippen LogP contribution in [0.4, 0.5) is 11.4 Å². The van der Waals surface area contributed by atoms with E-state index in [-0.39, 0.29) is 17.1 Å². The number of aromatic nitrogens is 1. The zero-order valence-corrected chi connectivity index (χ0v) is 15.3. The maximum absolute atomic E-state index is 12.4. The fraction of sp³-hybridized carbons (Fsp3) is 0.150. The SMILES string of the molecule is CC(=O)Nc1ccc(NC(=O)[C@H](C)Sc2ccc3ccccc3n2)cc1. The van der Waals surface area contributed by atoms with Gasteiger partial charge >= 0.3 is 0 Å². The van der Waals surface area contributed by atoms with Gasteiger partial charge in [0, 0.05) is 23.7 Å². The van der Waals surface area contributed by atoms with Crippen LogP contribution in [0.5, 0.6) is 0 Å². The molecule has 2 N–H and O–H groups in total. The monoisotopic (exact) mass is 365 g/mol. The molecular weight excluding hydrogens is 346 g/mol. The van der Waals surface area contributed by atoms with Gasteiger partial charge in [0.05, 0.1) is 15.8 Å². The average Bonchev–Trinajstić information content (AvgIpc) is 2.62. The zero-order valence-electron chi connectivity index (χ0n) is 14.5. The normalized spacial score (nSPS) is 11.8. The molecule has 3 rings (SSSR count). The van der Waals surface area contributed by atoms with E-state index in [9.17, 15) is 9.59 Å². The van der Waals surface area contributed by atoms with Crippen LogP contribution in [0.25, 0.3) is 10.9 Å². The van der Waals surface area contributed by atoms with Gasteiger partial charge in [-0.05, 0) is 43.3 Å². The molecule has 2 amide bonds. The molecule has 1 aromatic heterocycles. The Hall–Kier alpha value is -2.86. The molecule has 0 bridgehead atoms. The highest BCUT2D eigenvalue weighted by Crippen LogP contribution is 2.25. The maximum Gasteiger partial charge on any atom is 0.237 e. The van der Waals surface area contributed by atoms with Crippen LogP contribution >= 0.6 is 11.8 Å². The van der Waals surface area contributed by atoms with E-state index in [1.807, 2.05) is 43.3 Å². The van der Waals surface area contributed by atoms with Crippen molar-refractivity contribution in [1.82, 2.24) is 4.98 Å². The first kappa shape index (κ1) is 17.9. The van der Waals surface area contributed by atoms with Crippen LogP contribution in [0.2, 0.25) is 0 Å². The van der Waals surface area contributed by atoms with Crippen LogP contribution in [-0.4, -0.2) is 22.0 Å². The van der Waals surface area contributed by atoms with E-state index < -0.39 is 0 Å². The van der Waals surface area contributed by atoms with Gasteiger partial charge in [0.15, 0.2) is 0 Å². The van der Waals surface area contributed by atoms with Gasteiger partial charge in [-0.2, -0.15) is 0 Å². The van der Waals surface area contributed by atoms with Crippen molar-refractivity contribution in [3.05, 3.63) is 60.7 Å². The van der Waals surface area contributed by atoms with Crippen molar-refractivity contribution in [1.29, 1.82) is 0 Å². The molecule has 3 aromatic rings. The molecule has 0 spiro atoms. The lowest BCUT2D eigenvalue weighted by molar-refractivity contribution is -0.115. The Morgan fingerprint density at radius 2 is 1.58 bits per heavy atom. The Labute approximate surface area is 156 Å². The summed E-state index contributed by atoms with van der Waals surface area (Å²) < 4.78 is 0. The maximum atomic E-state index is 12.4. The standard InChI is InChI=1S/C20H19N3O2S/c1-13(26-19-12-7-15-5-3-4-6-18(15)23-19)20(25)22-17-10-8-16(9-11-17)21-14(2)24/h3-13H,1-2H3,(H,21,24)(H,22,25)/t13-/m0/s1. The van der Waals surface area contributed by atoms with E-state index in [2.05, 4.69) is 15.6 Å². The minimum absolute atomic E-state index is 0.0998. The number of pyridine rings is 1. The molecule has 0 unspecified atom stereocenters. The number of rotatable bonds is 5. The number of hydrogen-bond acceptors (Lipinski definition) is 4. The van der Waals surface area contributed by atoms with Crippen LogP contribution < -0.4 is 10.6 Å². The van der Waals surface area contributed by atoms with E-state index in [0.717, 1.165) is 15.9 Å².